The average molecular weight is 250 g/mol. The molecular formula is C15H22O3. The van der Waals surface area contributed by atoms with Gasteiger partial charge in [0, 0.05) is 32.7 Å². The molecule has 1 N–H and O–H groups in total. The van der Waals surface area contributed by atoms with Gasteiger partial charge in [-0.1, -0.05) is 18.2 Å². The Balaban J connectivity index is 2.01. The van der Waals surface area contributed by atoms with E-state index in [2.05, 4.69) is 24.8 Å². The Hall–Kier alpha value is -0.640. The predicted molar refractivity (Wildman–Crippen MR) is 68.7 cm³/mol. The highest BCUT2D eigenvalue weighted by molar-refractivity contribution is 5.27. The standard InChI is InChI=1S/C15H22O3/c1-4-9-7-10(8-16)14-12-6-5-11(13(9)14)15(12,17-2)18-3/h4-6,9-14,16H,1,7-8H2,2-3H3/t9-,10-,11+,12-,13-,14+/m1/s1. The molecule has 100 valence electrons. The molecule has 3 aliphatic rings. The van der Waals surface area contributed by atoms with E-state index in [0.29, 0.717) is 29.6 Å². The molecular weight excluding hydrogens is 228 g/mol. The fourth-order valence-electron chi connectivity index (χ4n) is 4.90. The number of hydrogen-bond donors (Lipinski definition) is 1. The predicted octanol–water partition coefficient (Wildman–Crippen LogP) is 1.84. The molecule has 2 saturated carbocycles. The van der Waals surface area contributed by atoms with Crippen LogP contribution in [-0.2, 0) is 9.47 Å². The number of rotatable bonds is 4. The van der Waals surface area contributed by atoms with Crippen LogP contribution in [0.4, 0.5) is 0 Å². The third-order valence-electron chi connectivity index (χ3n) is 5.52. The lowest BCUT2D eigenvalue weighted by atomic mass is 9.79. The van der Waals surface area contributed by atoms with Gasteiger partial charge in [-0.15, -0.1) is 6.58 Å². The molecule has 0 spiro atoms. The molecule has 18 heavy (non-hydrogen) atoms. The van der Waals surface area contributed by atoms with Crippen molar-refractivity contribution < 1.29 is 14.6 Å². The maximum Gasteiger partial charge on any atom is 0.180 e. The maximum absolute atomic E-state index is 9.63. The zero-order valence-electron chi connectivity index (χ0n) is 11.1. The van der Waals surface area contributed by atoms with E-state index in [1.807, 2.05) is 0 Å². The van der Waals surface area contributed by atoms with Gasteiger partial charge in [0.25, 0.3) is 0 Å². The van der Waals surface area contributed by atoms with Crippen LogP contribution in [0.25, 0.3) is 0 Å². The normalized spacial score (nSPS) is 47.5. The van der Waals surface area contributed by atoms with Gasteiger partial charge in [-0.3, -0.25) is 0 Å². The molecule has 2 fully saturated rings. The van der Waals surface area contributed by atoms with E-state index in [4.69, 9.17) is 9.47 Å². The largest absolute Gasteiger partial charge is 0.396 e. The molecule has 6 atom stereocenters. The van der Waals surface area contributed by atoms with E-state index in [0.717, 1.165) is 6.42 Å². The monoisotopic (exact) mass is 250 g/mol. The number of aliphatic hydroxyl groups is 1. The molecule has 0 aromatic rings. The minimum Gasteiger partial charge on any atom is -0.396 e. The fourth-order valence-corrected chi connectivity index (χ4v) is 4.90. The van der Waals surface area contributed by atoms with Crippen molar-refractivity contribution in [2.24, 2.45) is 35.5 Å². The van der Waals surface area contributed by atoms with Crippen LogP contribution in [0.3, 0.4) is 0 Å². The third-order valence-corrected chi connectivity index (χ3v) is 5.52. The molecule has 0 saturated heterocycles. The zero-order chi connectivity index (χ0) is 12.9. The lowest BCUT2D eigenvalue weighted by molar-refractivity contribution is -0.236. The van der Waals surface area contributed by atoms with Crippen molar-refractivity contribution in [2.75, 3.05) is 20.8 Å². The third kappa shape index (κ3) is 1.25. The molecule has 3 nitrogen and oxygen atoms in total. The first-order chi connectivity index (χ1) is 8.73. The molecule has 0 unspecified atom stereocenters. The second kappa shape index (κ2) is 4.19. The molecule has 0 aromatic carbocycles. The summed E-state index contributed by atoms with van der Waals surface area (Å²) in [6.07, 6.45) is 7.58. The number of fused-ring (bicyclic) bond motifs is 5. The first-order valence-electron chi connectivity index (χ1n) is 6.75. The van der Waals surface area contributed by atoms with Gasteiger partial charge in [0.05, 0.1) is 0 Å². The lowest BCUT2D eigenvalue weighted by Crippen LogP contribution is -2.42. The number of methoxy groups -OCH3 is 2. The summed E-state index contributed by atoms with van der Waals surface area (Å²) in [6.45, 7) is 4.22. The van der Waals surface area contributed by atoms with Crippen molar-refractivity contribution in [3.8, 4) is 0 Å². The van der Waals surface area contributed by atoms with E-state index < -0.39 is 5.79 Å². The van der Waals surface area contributed by atoms with Gasteiger partial charge in [0.2, 0.25) is 0 Å². The van der Waals surface area contributed by atoms with Gasteiger partial charge < -0.3 is 14.6 Å². The summed E-state index contributed by atoms with van der Waals surface area (Å²) < 4.78 is 11.5. The second-order valence-electron chi connectivity index (χ2n) is 5.80. The summed E-state index contributed by atoms with van der Waals surface area (Å²) in [5.74, 6) is 1.85. The zero-order valence-corrected chi connectivity index (χ0v) is 11.1. The smallest absolute Gasteiger partial charge is 0.180 e. The maximum atomic E-state index is 9.63. The van der Waals surface area contributed by atoms with Crippen molar-refractivity contribution in [3.63, 3.8) is 0 Å². The van der Waals surface area contributed by atoms with Gasteiger partial charge in [0.1, 0.15) is 0 Å². The minimum absolute atomic E-state index is 0.256. The minimum atomic E-state index is -0.509. The van der Waals surface area contributed by atoms with Crippen molar-refractivity contribution in [2.45, 2.75) is 12.2 Å². The van der Waals surface area contributed by atoms with Gasteiger partial charge in [0.15, 0.2) is 5.79 Å². The SMILES string of the molecule is C=C[C@@H]1C[C@H](CO)[C@@H]2[C@H]1[C@@H]1C=C[C@H]2C1(OC)OC. The van der Waals surface area contributed by atoms with Crippen LogP contribution < -0.4 is 0 Å². The number of ether oxygens (including phenoxy) is 2. The number of aliphatic hydroxyl groups excluding tert-OH is 1. The van der Waals surface area contributed by atoms with Crippen molar-refractivity contribution in [1.29, 1.82) is 0 Å². The summed E-state index contributed by atoms with van der Waals surface area (Å²) in [5.41, 5.74) is 0. The van der Waals surface area contributed by atoms with Gasteiger partial charge in [-0.25, -0.2) is 0 Å². The van der Waals surface area contributed by atoms with Crippen LogP contribution in [0.1, 0.15) is 6.42 Å². The molecule has 0 radical (unpaired) electrons. The van der Waals surface area contributed by atoms with E-state index in [9.17, 15) is 5.11 Å². The van der Waals surface area contributed by atoms with E-state index in [1.54, 1.807) is 14.2 Å². The number of allylic oxidation sites excluding steroid dienone is 1. The van der Waals surface area contributed by atoms with Crippen LogP contribution in [0.5, 0.6) is 0 Å². The Morgan fingerprint density at radius 2 is 1.89 bits per heavy atom. The summed E-state index contributed by atoms with van der Waals surface area (Å²) >= 11 is 0. The van der Waals surface area contributed by atoms with E-state index in [-0.39, 0.29) is 12.5 Å². The van der Waals surface area contributed by atoms with E-state index in [1.165, 1.54) is 0 Å². The Labute approximate surface area is 108 Å². The molecule has 3 aliphatic carbocycles. The Morgan fingerprint density at radius 3 is 2.39 bits per heavy atom. The van der Waals surface area contributed by atoms with Crippen molar-refractivity contribution in [3.05, 3.63) is 24.8 Å². The van der Waals surface area contributed by atoms with Crippen LogP contribution in [0, 0.1) is 35.5 Å². The molecule has 0 aromatic heterocycles. The Morgan fingerprint density at radius 1 is 1.28 bits per heavy atom. The van der Waals surface area contributed by atoms with Crippen LogP contribution in [-0.4, -0.2) is 31.7 Å². The Bertz CT molecular complexity index is 372. The first kappa shape index (κ1) is 12.4. The average Bonchev–Trinajstić information content (AvgIpc) is 3.04. The molecule has 0 heterocycles. The highest BCUT2D eigenvalue weighted by Crippen LogP contribution is 2.65. The Kier molecular flexibility index (Phi) is 2.88. The summed E-state index contributed by atoms with van der Waals surface area (Å²) in [7, 11) is 3.46. The quantitative estimate of drug-likeness (QED) is 0.611. The van der Waals surface area contributed by atoms with E-state index >= 15 is 0 Å². The molecule has 0 amide bonds. The highest BCUT2D eigenvalue weighted by atomic mass is 16.7. The lowest BCUT2D eigenvalue weighted by Gasteiger charge is -2.34. The highest BCUT2D eigenvalue weighted by Gasteiger charge is 2.67. The molecule has 3 rings (SSSR count). The molecule has 3 heteroatoms. The summed E-state index contributed by atoms with van der Waals surface area (Å²) in [6, 6.07) is 0. The van der Waals surface area contributed by atoms with Crippen molar-refractivity contribution >= 4 is 0 Å². The fraction of sp³-hybridized carbons (Fsp3) is 0.733. The molecule has 2 bridgehead atoms. The topological polar surface area (TPSA) is 38.7 Å². The molecule has 0 aliphatic heterocycles. The van der Waals surface area contributed by atoms with Crippen molar-refractivity contribution in [1.82, 2.24) is 0 Å². The number of hydrogen-bond acceptors (Lipinski definition) is 3. The van der Waals surface area contributed by atoms with Crippen LogP contribution in [0.15, 0.2) is 24.8 Å². The second-order valence-corrected chi connectivity index (χ2v) is 5.80. The van der Waals surface area contributed by atoms with Crippen LogP contribution >= 0.6 is 0 Å². The summed E-state index contributed by atoms with van der Waals surface area (Å²) in [4.78, 5) is 0. The van der Waals surface area contributed by atoms with Gasteiger partial charge >= 0.3 is 0 Å². The van der Waals surface area contributed by atoms with Crippen LogP contribution in [0.2, 0.25) is 0 Å². The van der Waals surface area contributed by atoms with Gasteiger partial charge in [-0.05, 0) is 30.1 Å². The first-order valence-corrected chi connectivity index (χ1v) is 6.75. The summed E-state index contributed by atoms with van der Waals surface area (Å²) in [5, 5.41) is 9.63. The van der Waals surface area contributed by atoms with Gasteiger partial charge in [-0.2, -0.15) is 0 Å².